The van der Waals surface area contributed by atoms with Crippen LogP contribution in [0.3, 0.4) is 0 Å². The Morgan fingerprint density at radius 2 is 2.10 bits per heavy atom. The number of hydrogen-bond acceptors (Lipinski definition) is 6. The van der Waals surface area contributed by atoms with Crippen LogP contribution in [0.15, 0.2) is 12.1 Å². The first kappa shape index (κ1) is 20.8. The van der Waals surface area contributed by atoms with Gasteiger partial charge in [-0.3, -0.25) is 4.79 Å². The molecule has 1 aromatic rings. The van der Waals surface area contributed by atoms with Gasteiger partial charge in [-0.2, -0.15) is 0 Å². The normalized spacial score (nSPS) is 17.9. The van der Waals surface area contributed by atoms with Gasteiger partial charge in [0.25, 0.3) is 0 Å². The van der Waals surface area contributed by atoms with E-state index < -0.39 is 23.5 Å². The maximum absolute atomic E-state index is 12.2. The summed E-state index contributed by atoms with van der Waals surface area (Å²) in [5.74, 6) is -0.945. The maximum atomic E-state index is 12.2. The number of aliphatic hydroxyl groups is 1. The van der Waals surface area contributed by atoms with E-state index in [1.165, 1.54) is 17.4 Å². The van der Waals surface area contributed by atoms with Crippen LogP contribution in [-0.2, 0) is 22.4 Å². The van der Waals surface area contributed by atoms with Gasteiger partial charge in [-0.05, 0) is 37.3 Å². The molecule has 0 aliphatic carbocycles. The fourth-order valence-corrected chi connectivity index (χ4v) is 3.65. The highest BCUT2D eigenvalue weighted by Gasteiger charge is 2.53. The van der Waals surface area contributed by atoms with Crippen molar-refractivity contribution in [1.82, 2.24) is 20.5 Å². The SMILES string of the molecule is CC(=O)NC(C(=O)O)C1(O)CN(C(=O)NCCCc2ccc3c(n2)NCCC3)C1. The zero-order valence-corrected chi connectivity index (χ0v) is 16.4. The molecule has 5 N–H and O–H groups in total. The van der Waals surface area contributed by atoms with Crippen molar-refractivity contribution in [2.45, 2.75) is 44.2 Å². The van der Waals surface area contributed by atoms with Gasteiger partial charge in [-0.15, -0.1) is 0 Å². The van der Waals surface area contributed by atoms with Crippen molar-refractivity contribution in [3.63, 3.8) is 0 Å². The molecule has 1 fully saturated rings. The second kappa shape index (κ2) is 8.64. The topological polar surface area (TPSA) is 144 Å². The Labute approximate surface area is 168 Å². The molecule has 2 aliphatic heterocycles. The molecule has 1 unspecified atom stereocenters. The maximum Gasteiger partial charge on any atom is 0.329 e. The number of carboxylic acid groups (broad SMARTS) is 1. The highest BCUT2D eigenvalue weighted by molar-refractivity contribution is 5.84. The number of pyridine rings is 1. The summed E-state index contributed by atoms with van der Waals surface area (Å²) >= 11 is 0. The lowest BCUT2D eigenvalue weighted by Crippen LogP contribution is -2.74. The van der Waals surface area contributed by atoms with E-state index in [4.69, 9.17) is 0 Å². The number of carbonyl (C=O) groups is 3. The van der Waals surface area contributed by atoms with Crippen LogP contribution in [0.4, 0.5) is 10.6 Å². The first-order chi connectivity index (χ1) is 13.8. The number of carbonyl (C=O) groups excluding carboxylic acids is 2. The summed E-state index contributed by atoms with van der Waals surface area (Å²) in [5.41, 5.74) is 0.525. The largest absolute Gasteiger partial charge is 0.480 e. The van der Waals surface area contributed by atoms with Crippen LogP contribution in [0.1, 0.15) is 31.0 Å². The van der Waals surface area contributed by atoms with Crippen LogP contribution in [-0.4, -0.2) is 75.8 Å². The number of aliphatic carboxylic acids is 1. The lowest BCUT2D eigenvalue weighted by atomic mass is 9.86. The molecule has 0 saturated carbocycles. The summed E-state index contributed by atoms with van der Waals surface area (Å²) in [6.07, 6.45) is 3.59. The first-order valence-corrected chi connectivity index (χ1v) is 9.76. The lowest BCUT2D eigenvalue weighted by Gasteiger charge is -2.48. The van der Waals surface area contributed by atoms with E-state index in [0.29, 0.717) is 13.0 Å². The van der Waals surface area contributed by atoms with E-state index in [9.17, 15) is 24.6 Å². The van der Waals surface area contributed by atoms with E-state index in [0.717, 1.165) is 37.3 Å². The van der Waals surface area contributed by atoms with E-state index in [1.807, 2.05) is 6.07 Å². The van der Waals surface area contributed by atoms with E-state index >= 15 is 0 Å². The third-order valence-corrected chi connectivity index (χ3v) is 5.19. The molecule has 158 valence electrons. The number of rotatable bonds is 7. The number of nitrogens with zero attached hydrogens (tertiary/aromatic N) is 2. The predicted molar refractivity (Wildman–Crippen MR) is 105 cm³/mol. The molecule has 1 saturated heterocycles. The molecule has 0 bridgehead atoms. The molecule has 0 radical (unpaired) electrons. The van der Waals surface area contributed by atoms with Crippen molar-refractivity contribution in [3.05, 3.63) is 23.4 Å². The van der Waals surface area contributed by atoms with Gasteiger partial charge in [0, 0.05) is 25.7 Å². The van der Waals surface area contributed by atoms with Crippen LogP contribution in [0, 0.1) is 0 Å². The second-order valence-corrected chi connectivity index (χ2v) is 7.61. The number of likely N-dealkylation sites (tertiary alicyclic amines) is 1. The zero-order valence-electron chi connectivity index (χ0n) is 16.4. The molecule has 10 heteroatoms. The van der Waals surface area contributed by atoms with Gasteiger partial charge in [-0.25, -0.2) is 14.6 Å². The quantitative estimate of drug-likeness (QED) is 0.392. The van der Waals surface area contributed by atoms with E-state index in [2.05, 4.69) is 27.0 Å². The number of urea groups is 1. The Morgan fingerprint density at radius 3 is 2.79 bits per heavy atom. The number of nitrogens with one attached hydrogen (secondary N) is 3. The summed E-state index contributed by atoms with van der Waals surface area (Å²) in [7, 11) is 0. The van der Waals surface area contributed by atoms with E-state index in [-0.39, 0.29) is 19.1 Å². The van der Waals surface area contributed by atoms with Crippen molar-refractivity contribution in [2.24, 2.45) is 0 Å². The molecule has 0 aromatic carbocycles. The number of β-amino-alcohol motifs (C(OH)–C–C–N with tert-alkyl or cyclic N) is 1. The molecule has 3 rings (SSSR count). The van der Waals surface area contributed by atoms with Crippen LogP contribution in [0.25, 0.3) is 0 Å². The van der Waals surface area contributed by atoms with Crippen LogP contribution in [0.5, 0.6) is 0 Å². The van der Waals surface area contributed by atoms with Crippen LogP contribution < -0.4 is 16.0 Å². The van der Waals surface area contributed by atoms with E-state index in [1.54, 1.807) is 0 Å². The minimum absolute atomic E-state index is 0.159. The second-order valence-electron chi connectivity index (χ2n) is 7.61. The van der Waals surface area contributed by atoms with Gasteiger partial charge in [-0.1, -0.05) is 6.07 Å². The molecule has 1 aromatic heterocycles. The van der Waals surface area contributed by atoms with Crippen molar-refractivity contribution in [1.29, 1.82) is 0 Å². The number of carboxylic acids is 1. The fourth-order valence-electron chi connectivity index (χ4n) is 3.65. The Morgan fingerprint density at radius 1 is 1.34 bits per heavy atom. The number of hydrogen-bond donors (Lipinski definition) is 5. The van der Waals surface area contributed by atoms with Crippen molar-refractivity contribution in [2.75, 3.05) is 31.5 Å². The smallest absolute Gasteiger partial charge is 0.329 e. The molecule has 29 heavy (non-hydrogen) atoms. The number of aromatic nitrogens is 1. The van der Waals surface area contributed by atoms with Gasteiger partial charge in [0.15, 0.2) is 6.04 Å². The summed E-state index contributed by atoms with van der Waals surface area (Å²) < 4.78 is 0. The minimum atomic E-state index is -1.67. The van der Waals surface area contributed by atoms with Crippen LogP contribution >= 0.6 is 0 Å². The third kappa shape index (κ3) is 4.94. The highest BCUT2D eigenvalue weighted by Crippen LogP contribution is 2.25. The van der Waals surface area contributed by atoms with Gasteiger partial charge in [0.1, 0.15) is 11.4 Å². The molecule has 1 atom stereocenters. The van der Waals surface area contributed by atoms with Gasteiger partial charge in [0.05, 0.1) is 13.1 Å². The monoisotopic (exact) mass is 405 g/mol. The zero-order chi connectivity index (χ0) is 21.0. The highest BCUT2D eigenvalue weighted by atomic mass is 16.4. The standard InChI is InChI=1S/C19H27N5O5/c1-12(25)22-15(17(26)27)19(29)10-24(11-19)18(28)21-9-3-5-14-7-6-13-4-2-8-20-16(13)23-14/h6-7,15,29H,2-5,8-11H2,1H3,(H,20,23)(H,21,28)(H,22,25)(H,26,27). The molecule has 0 spiro atoms. The van der Waals surface area contributed by atoms with Crippen molar-refractivity contribution in [3.8, 4) is 0 Å². The Kier molecular flexibility index (Phi) is 6.21. The predicted octanol–water partition coefficient (Wildman–Crippen LogP) is -0.282. The minimum Gasteiger partial charge on any atom is -0.480 e. The van der Waals surface area contributed by atoms with Crippen molar-refractivity contribution >= 4 is 23.7 Å². The van der Waals surface area contributed by atoms with Crippen molar-refractivity contribution < 1.29 is 24.6 Å². The summed E-state index contributed by atoms with van der Waals surface area (Å²) in [6, 6.07) is 2.28. The number of amides is 3. The van der Waals surface area contributed by atoms with Gasteiger partial charge >= 0.3 is 12.0 Å². The summed E-state index contributed by atoms with van der Waals surface area (Å²) in [6.45, 7) is 2.23. The Balaban J connectivity index is 1.41. The number of fused-ring (bicyclic) bond motifs is 1. The van der Waals surface area contributed by atoms with Gasteiger partial charge in [0.2, 0.25) is 5.91 Å². The van der Waals surface area contributed by atoms with Gasteiger partial charge < -0.3 is 31.1 Å². The fraction of sp³-hybridized carbons (Fsp3) is 0.579. The Bertz CT molecular complexity index is 793. The average Bonchev–Trinajstić information content (AvgIpc) is 2.66. The Hall–Kier alpha value is -2.88. The molecule has 2 aliphatic rings. The lowest BCUT2D eigenvalue weighted by molar-refractivity contribution is -0.160. The number of aryl methyl sites for hydroxylation is 2. The number of anilines is 1. The summed E-state index contributed by atoms with van der Waals surface area (Å²) in [5, 5.41) is 27.9. The average molecular weight is 405 g/mol. The molecular weight excluding hydrogens is 378 g/mol. The van der Waals surface area contributed by atoms with Crippen LogP contribution in [0.2, 0.25) is 0 Å². The molecule has 3 amide bonds. The summed E-state index contributed by atoms with van der Waals surface area (Å²) in [4.78, 5) is 40.5. The third-order valence-electron chi connectivity index (χ3n) is 5.19. The molecule has 3 heterocycles. The molecule has 10 nitrogen and oxygen atoms in total. The first-order valence-electron chi connectivity index (χ1n) is 9.76. The molecular formula is C19H27N5O5.